The molecule has 0 saturated heterocycles. The van der Waals surface area contributed by atoms with Gasteiger partial charge in [-0.25, -0.2) is 4.98 Å². The number of nitrogens with one attached hydrogen (secondary N) is 12. The average Bonchev–Trinajstić information content (AvgIpc) is 1.77. The third kappa shape index (κ3) is 19.5. The van der Waals surface area contributed by atoms with Crippen molar-refractivity contribution in [2.24, 2.45) is 17.4 Å². The lowest BCUT2D eigenvalue weighted by Crippen LogP contribution is -2.62. The van der Waals surface area contributed by atoms with Crippen molar-refractivity contribution < 1.29 is 68.1 Å². The van der Waals surface area contributed by atoms with Gasteiger partial charge in [0.2, 0.25) is 59.1 Å². The second-order valence-electron chi connectivity index (χ2n) is 21.8. The second-order valence-corrected chi connectivity index (χ2v) is 22.5. The fourth-order valence-electron chi connectivity index (χ4n) is 9.53. The number of thiol groups is 2. The van der Waals surface area contributed by atoms with Gasteiger partial charge in [-0.15, -0.1) is 0 Å². The minimum absolute atomic E-state index is 0.0574. The Morgan fingerprint density at radius 3 is 1.44 bits per heavy atom. The molecule has 0 aliphatic rings. The minimum Gasteiger partial charge on any atom is -0.508 e. The summed E-state index contributed by atoms with van der Waals surface area (Å²) in [5.41, 5.74) is 14.4. The van der Waals surface area contributed by atoms with Gasteiger partial charge in [-0.3, -0.25) is 52.7 Å². The highest BCUT2D eigenvalue weighted by molar-refractivity contribution is 7.80. The molecule has 0 spiro atoms. The number of hydrogen-bond acceptors (Lipinski definition) is 17. The molecule has 0 fully saturated rings. The van der Waals surface area contributed by atoms with Crippen LogP contribution in [-0.4, -0.2) is 178 Å². The van der Waals surface area contributed by atoms with Gasteiger partial charge in [0.25, 0.3) is 0 Å². The van der Waals surface area contributed by atoms with E-state index in [4.69, 9.17) is 11.5 Å². The van der Waals surface area contributed by atoms with Crippen LogP contribution in [0.4, 0.5) is 0 Å². The molecule has 29 nitrogen and oxygen atoms in total. The standard InChI is InChI=1S/C59H75N15O14S2/c1-28(2)48(73-56(85)43(19-33-23-64-40-12-8-6-10-37(33)40)70-55(84)45(21-47(77)78)67-51(80)29(3)66-52(81)38(60)25-89)59(88)72-46(26-90)58(87)68-41(17-31-13-15-35(76)16-14-31)53(82)69-42(18-32-22-63-39-11-7-5-9-36(32)39)54(83)71-44(20-34-24-62-27-65-34)57(86)74-49(30(4)75)50(61)79/h5-16,22-24,27-30,38,41-46,48-49,63-64,75-76,89-90H,17-21,25-26,60H2,1-4H3,(H2,61,79)(H,62,65)(H,66,81)(H,67,80)(H,68,87)(H,69,82)(H,70,84)(H,71,83)(H,72,88)(H,73,85)(H,74,86)(H,77,78)/t29-,30+,38-,41-,42-,43-,44-,45-,46-,48-,49-/m0/s1. The van der Waals surface area contributed by atoms with Crippen LogP contribution < -0.4 is 59.3 Å². The number of carbonyl (C=O) groups excluding carboxylic acids is 10. The van der Waals surface area contributed by atoms with E-state index >= 15 is 0 Å². The van der Waals surface area contributed by atoms with Crippen LogP contribution >= 0.6 is 25.3 Å². The molecule has 6 rings (SSSR count). The Morgan fingerprint density at radius 1 is 0.522 bits per heavy atom. The lowest BCUT2D eigenvalue weighted by molar-refractivity contribution is -0.141. The van der Waals surface area contributed by atoms with Crippen LogP contribution in [0.2, 0.25) is 0 Å². The zero-order chi connectivity index (χ0) is 65.9. The molecule has 3 heterocycles. The van der Waals surface area contributed by atoms with E-state index in [9.17, 15) is 68.1 Å². The van der Waals surface area contributed by atoms with E-state index in [0.29, 0.717) is 44.2 Å². The first kappa shape index (κ1) is 69.6. The number of nitrogens with zero attached hydrogens (tertiary/aromatic N) is 1. The number of phenolic OH excluding ortho intramolecular Hbond substituents is 1. The van der Waals surface area contributed by atoms with E-state index in [2.05, 4.69) is 93.0 Å². The third-order valence-corrected chi connectivity index (χ3v) is 15.3. The predicted molar refractivity (Wildman–Crippen MR) is 335 cm³/mol. The van der Waals surface area contributed by atoms with Gasteiger partial charge < -0.3 is 89.6 Å². The Kier molecular flexibility index (Phi) is 25.3. The van der Waals surface area contributed by atoms with Crippen molar-refractivity contribution >= 4 is 112 Å². The Bertz CT molecular complexity index is 3520. The quantitative estimate of drug-likeness (QED) is 0.0197. The van der Waals surface area contributed by atoms with Crippen LogP contribution in [0.25, 0.3) is 21.8 Å². The number of nitrogens with two attached hydrogens (primary N) is 2. The molecule has 11 atom stereocenters. The first-order chi connectivity index (χ1) is 42.8. The summed E-state index contributed by atoms with van der Waals surface area (Å²) >= 11 is 8.35. The number of primary amides is 1. The molecule has 3 aromatic heterocycles. The van der Waals surface area contributed by atoms with Gasteiger partial charge in [0.15, 0.2) is 0 Å². The fourth-order valence-corrected chi connectivity index (χ4v) is 9.95. The van der Waals surface area contributed by atoms with Crippen molar-refractivity contribution in [1.82, 2.24) is 67.8 Å². The maximum atomic E-state index is 14.9. The number of benzene rings is 3. The summed E-state index contributed by atoms with van der Waals surface area (Å²) in [4.78, 5) is 164. The number of imidazole rings is 1. The lowest BCUT2D eigenvalue weighted by Gasteiger charge is -2.29. The summed E-state index contributed by atoms with van der Waals surface area (Å²) in [6.45, 7) is 5.67. The van der Waals surface area contributed by atoms with Crippen LogP contribution in [-0.2, 0) is 78.4 Å². The number of fused-ring (bicyclic) bond motifs is 2. The van der Waals surface area contributed by atoms with Gasteiger partial charge in [-0.1, -0.05) is 62.4 Å². The van der Waals surface area contributed by atoms with Gasteiger partial charge in [0.05, 0.1) is 24.9 Å². The Hall–Kier alpha value is -9.46. The van der Waals surface area contributed by atoms with E-state index < -0.39 is 144 Å². The van der Waals surface area contributed by atoms with Gasteiger partial charge in [-0.2, -0.15) is 25.3 Å². The zero-order valence-electron chi connectivity index (χ0n) is 49.4. The number of para-hydroxylation sites is 2. The molecule has 6 aromatic rings. The number of aliphatic carboxylic acids is 1. The molecular weight excluding hydrogens is 1210 g/mol. The summed E-state index contributed by atoms with van der Waals surface area (Å²) in [5, 5.41) is 54.4. The molecule has 0 radical (unpaired) electrons. The molecule has 10 amide bonds. The SMILES string of the molecule is CC(C)[C@H](NC(=O)[C@H](Cc1c[nH]c2ccccc12)NC(=O)[C@H](CC(=O)O)NC(=O)[C@H](C)NC(=O)[C@@H](N)CS)C(=O)N[C@@H](CS)C(=O)N[C@@H](Cc1ccc(O)cc1)C(=O)N[C@@H](Cc1c[nH]c2ccccc12)C(=O)N[C@@H](Cc1cnc[nH]1)C(=O)N[C@H](C(N)=O)[C@@H](C)O. The van der Waals surface area contributed by atoms with Crippen molar-refractivity contribution in [2.75, 3.05) is 11.5 Å². The molecule has 0 aliphatic heterocycles. The Morgan fingerprint density at radius 2 is 0.978 bits per heavy atom. The van der Waals surface area contributed by atoms with E-state index in [0.717, 1.165) is 0 Å². The second kappa shape index (κ2) is 32.7. The molecule has 482 valence electrons. The van der Waals surface area contributed by atoms with Crippen molar-refractivity contribution in [2.45, 2.75) is 126 Å². The molecule has 3 aromatic carbocycles. The highest BCUT2D eigenvalue weighted by Gasteiger charge is 2.37. The summed E-state index contributed by atoms with van der Waals surface area (Å²) < 4.78 is 0. The molecule has 90 heavy (non-hydrogen) atoms. The van der Waals surface area contributed by atoms with Crippen LogP contribution in [0.1, 0.15) is 56.5 Å². The zero-order valence-corrected chi connectivity index (χ0v) is 51.2. The monoisotopic (exact) mass is 1280 g/mol. The number of carboxylic acids is 1. The predicted octanol–water partition coefficient (Wildman–Crippen LogP) is -2.08. The highest BCUT2D eigenvalue weighted by Crippen LogP contribution is 2.22. The summed E-state index contributed by atoms with van der Waals surface area (Å²) in [5.74, 6) is -12.3. The topological polar surface area (TPSA) is 469 Å². The van der Waals surface area contributed by atoms with Crippen molar-refractivity contribution in [3.8, 4) is 5.75 Å². The number of phenols is 1. The number of aliphatic hydroxyl groups excluding tert-OH is 1. The largest absolute Gasteiger partial charge is 0.508 e. The summed E-state index contributed by atoms with van der Waals surface area (Å²) in [6, 6.07) is 5.00. The van der Waals surface area contributed by atoms with Crippen molar-refractivity contribution in [3.05, 3.63) is 120 Å². The first-order valence-electron chi connectivity index (χ1n) is 28.5. The normalized spacial score (nSPS) is 15.0. The molecule has 0 unspecified atom stereocenters. The number of aromatic nitrogens is 4. The Balaban J connectivity index is 1.25. The van der Waals surface area contributed by atoms with E-state index in [1.54, 1.807) is 74.8 Å². The molecule has 19 N–H and O–H groups in total. The number of carboxylic acid groups (broad SMARTS) is 1. The third-order valence-electron chi connectivity index (χ3n) is 14.5. The molecular formula is C59H75N15O14S2. The number of hydrogen-bond donors (Lipinski definition) is 19. The van der Waals surface area contributed by atoms with Crippen LogP contribution in [0, 0.1) is 5.92 Å². The molecule has 31 heteroatoms. The molecule has 0 aliphatic carbocycles. The highest BCUT2D eigenvalue weighted by atomic mass is 32.1. The van der Waals surface area contributed by atoms with Crippen molar-refractivity contribution in [1.29, 1.82) is 0 Å². The van der Waals surface area contributed by atoms with Crippen LogP contribution in [0.3, 0.4) is 0 Å². The number of carbonyl (C=O) groups is 11. The smallest absolute Gasteiger partial charge is 0.305 e. The van der Waals surface area contributed by atoms with E-state index in [1.807, 2.05) is 0 Å². The van der Waals surface area contributed by atoms with Crippen LogP contribution in [0.5, 0.6) is 5.75 Å². The number of amides is 10. The van der Waals surface area contributed by atoms with Gasteiger partial charge in [-0.05, 0) is 60.7 Å². The number of aliphatic hydroxyl groups is 1. The Labute approximate surface area is 526 Å². The molecule has 0 saturated carbocycles. The number of aromatic amines is 3. The lowest BCUT2D eigenvalue weighted by atomic mass is 9.99. The number of H-pyrrole nitrogens is 3. The number of aromatic hydroxyl groups is 1. The van der Waals surface area contributed by atoms with Gasteiger partial charge in [0, 0.05) is 83.3 Å². The maximum absolute atomic E-state index is 14.9. The molecule has 0 bridgehead atoms. The number of rotatable bonds is 33. The summed E-state index contributed by atoms with van der Waals surface area (Å²) in [7, 11) is 0. The maximum Gasteiger partial charge on any atom is 0.305 e. The van der Waals surface area contributed by atoms with Gasteiger partial charge >= 0.3 is 5.97 Å². The van der Waals surface area contributed by atoms with Crippen molar-refractivity contribution in [3.63, 3.8) is 0 Å². The minimum atomic E-state index is -1.79. The van der Waals surface area contributed by atoms with E-state index in [1.165, 1.54) is 50.6 Å². The summed E-state index contributed by atoms with van der Waals surface area (Å²) in [6.07, 6.45) is 2.64. The van der Waals surface area contributed by atoms with Crippen LogP contribution in [0.15, 0.2) is 97.7 Å². The van der Waals surface area contributed by atoms with E-state index in [-0.39, 0.29) is 42.9 Å². The first-order valence-corrected chi connectivity index (χ1v) is 29.8. The van der Waals surface area contributed by atoms with Gasteiger partial charge in [0.1, 0.15) is 60.1 Å². The average molecular weight is 1280 g/mol. The fraction of sp³-hybridized carbons (Fsp3) is 0.390.